The van der Waals surface area contributed by atoms with Crippen LogP contribution in [-0.2, 0) is 6.54 Å². The van der Waals surface area contributed by atoms with Gasteiger partial charge in [-0.15, -0.1) is 0 Å². The first kappa shape index (κ1) is 9.86. The van der Waals surface area contributed by atoms with Crippen LogP contribution in [0.3, 0.4) is 0 Å². The van der Waals surface area contributed by atoms with Crippen molar-refractivity contribution in [3.05, 3.63) is 35.9 Å². The summed E-state index contributed by atoms with van der Waals surface area (Å²) < 4.78 is 0. The maximum atomic E-state index is 8.67. The van der Waals surface area contributed by atoms with Crippen LogP contribution in [0.15, 0.2) is 30.3 Å². The molecule has 1 aromatic rings. The molecule has 0 bridgehead atoms. The zero-order valence-electron chi connectivity index (χ0n) is 9.34. The number of nitrogens with zero attached hydrogens (tertiary/aromatic N) is 2. The number of rotatable bonds is 3. The average molecular weight is 212 g/mol. The summed E-state index contributed by atoms with van der Waals surface area (Å²) in [5, 5.41) is 8.67. The van der Waals surface area contributed by atoms with Crippen molar-refractivity contribution in [3.63, 3.8) is 0 Å². The van der Waals surface area contributed by atoms with Gasteiger partial charge in [0.2, 0.25) is 0 Å². The fourth-order valence-electron chi connectivity index (χ4n) is 3.12. The summed E-state index contributed by atoms with van der Waals surface area (Å²) in [5.74, 6) is 2.36. The second kappa shape index (κ2) is 3.92. The number of piperidine rings is 1. The zero-order valence-corrected chi connectivity index (χ0v) is 9.34. The highest BCUT2D eigenvalue weighted by atomic mass is 15.2. The largest absolute Gasteiger partial charge is 0.298 e. The lowest BCUT2D eigenvalue weighted by atomic mass is 10.2. The minimum absolute atomic E-state index is 0.719. The first-order chi connectivity index (χ1) is 7.88. The van der Waals surface area contributed by atoms with E-state index in [0.717, 1.165) is 30.7 Å². The van der Waals surface area contributed by atoms with Crippen LogP contribution in [0.1, 0.15) is 12.0 Å². The van der Waals surface area contributed by atoms with Crippen LogP contribution in [0.2, 0.25) is 0 Å². The number of fused-ring (bicyclic) bond motifs is 1. The van der Waals surface area contributed by atoms with Crippen molar-refractivity contribution in [2.75, 3.05) is 13.1 Å². The Bertz CT molecular complexity index is 394. The lowest BCUT2D eigenvalue weighted by Gasteiger charge is -2.18. The van der Waals surface area contributed by atoms with E-state index in [1.54, 1.807) is 0 Å². The summed E-state index contributed by atoms with van der Waals surface area (Å²) >= 11 is 0. The predicted octanol–water partition coefficient (Wildman–Crippen LogP) is 2.28. The Morgan fingerprint density at radius 2 is 1.88 bits per heavy atom. The van der Waals surface area contributed by atoms with Gasteiger partial charge in [0.1, 0.15) is 0 Å². The Balaban J connectivity index is 1.53. The van der Waals surface area contributed by atoms with Gasteiger partial charge in [-0.05, 0) is 23.3 Å². The van der Waals surface area contributed by atoms with Crippen LogP contribution in [0.25, 0.3) is 0 Å². The predicted molar refractivity (Wildman–Crippen MR) is 62.4 cm³/mol. The van der Waals surface area contributed by atoms with Crippen LogP contribution in [-0.4, -0.2) is 18.0 Å². The van der Waals surface area contributed by atoms with E-state index in [1.165, 1.54) is 18.7 Å². The van der Waals surface area contributed by atoms with Gasteiger partial charge >= 0.3 is 0 Å². The van der Waals surface area contributed by atoms with Crippen LogP contribution < -0.4 is 0 Å². The Labute approximate surface area is 96.5 Å². The molecule has 2 nitrogen and oxygen atoms in total. The molecule has 82 valence electrons. The maximum absolute atomic E-state index is 8.67. The van der Waals surface area contributed by atoms with E-state index < -0.39 is 0 Å². The lowest BCUT2D eigenvalue weighted by Crippen LogP contribution is -2.23. The number of benzene rings is 1. The lowest BCUT2D eigenvalue weighted by molar-refractivity contribution is 0.278. The van der Waals surface area contributed by atoms with Gasteiger partial charge in [-0.2, -0.15) is 5.26 Å². The molecule has 1 aliphatic heterocycles. The molecular formula is C14H16N2. The van der Waals surface area contributed by atoms with E-state index in [1.807, 2.05) is 0 Å². The second-order valence-electron chi connectivity index (χ2n) is 5.03. The van der Waals surface area contributed by atoms with E-state index in [0.29, 0.717) is 0 Å². The molecule has 3 rings (SSSR count). The highest BCUT2D eigenvalue weighted by Crippen LogP contribution is 2.53. The number of hydrogen-bond donors (Lipinski definition) is 0. The molecule has 1 saturated heterocycles. The van der Waals surface area contributed by atoms with Gasteiger partial charge < -0.3 is 0 Å². The molecule has 0 spiro atoms. The van der Waals surface area contributed by atoms with Crippen molar-refractivity contribution in [2.24, 2.45) is 17.8 Å². The SMILES string of the molecule is N#CCC1[C@H]2CN(Cc3ccccc3)C[C@@H]12. The van der Waals surface area contributed by atoms with Crippen molar-refractivity contribution < 1.29 is 0 Å². The summed E-state index contributed by atoms with van der Waals surface area (Å²) in [6, 6.07) is 13.0. The topological polar surface area (TPSA) is 27.0 Å². The highest BCUT2D eigenvalue weighted by molar-refractivity contribution is 5.16. The fraction of sp³-hybridized carbons (Fsp3) is 0.500. The van der Waals surface area contributed by atoms with Crippen molar-refractivity contribution >= 4 is 0 Å². The van der Waals surface area contributed by atoms with Gasteiger partial charge in [0, 0.05) is 26.1 Å². The molecule has 2 heteroatoms. The standard InChI is InChI=1S/C14H16N2/c15-7-6-12-13-9-16(10-14(12)13)8-11-4-2-1-3-5-11/h1-5,12-14H,6,8-10H2/t12?,13-,14+. The molecule has 1 aliphatic carbocycles. The van der Waals surface area contributed by atoms with Gasteiger partial charge in [-0.3, -0.25) is 4.90 Å². The van der Waals surface area contributed by atoms with Crippen molar-refractivity contribution in [2.45, 2.75) is 13.0 Å². The third-order valence-electron chi connectivity index (χ3n) is 4.02. The Morgan fingerprint density at radius 1 is 1.19 bits per heavy atom. The Hall–Kier alpha value is -1.33. The number of hydrogen-bond acceptors (Lipinski definition) is 2. The molecular weight excluding hydrogens is 196 g/mol. The summed E-state index contributed by atoms with van der Waals surface area (Å²) in [6.07, 6.45) is 0.772. The molecule has 3 atom stereocenters. The second-order valence-corrected chi connectivity index (χ2v) is 5.03. The van der Waals surface area contributed by atoms with Gasteiger partial charge in [0.15, 0.2) is 0 Å². The van der Waals surface area contributed by atoms with Gasteiger partial charge in [-0.1, -0.05) is 30.3 Å². The molecule has 2 aliphatic rings. The van der Waals surface area contributed by atoms with Gasteiger partial charge in [0.25, 0.3) is 0 Å². The monoisotopic (exact) mass is 212 g/mol. The third-order valence-corrected chi connectivity index (χ3v) is 4.02. The molecule has 1 aromatic carbocycles. The molecule has 1 unspecified atom stereocenters. The Morgan fingerprint density at radius 3 is 2.50 bits per heavy atom. The average Bonchev–Trinajstić information content (AvgIpc) is 2.76. The number of likely N-dealkylation sites (tertiary alicyclic amines) is 1. The highest BCUT2D eigenvalue weighted by Gasteiger charge is 2.54. The van der Waals surface area contributed by atoms with Crippen LogP contribution in [0.4, 0.5) is 0 Å². The quantitative estimate of drug-likeness (QED) is 0.768. The van der Waals surface area contributed by atoms with Crippen LogP contribution in [0, 0.1) is 29.1 Å². The normalized spacial score (nSPS) is 32.1. The minimum Gasteiger partial charge on any atom is -0.298 e. The summed E-state index contributed by atoms with van der Waals surface area (Å²) in [5.41, 5.74) is 1.40. The molecule has 0 N–H and O–H groups in total. The van der Waals surface area contributed by atoms with Gasteiger partial charge in [0.05, 0.1) is 6.07 Å². The van der Waals surface area contributed by atoms with Gasteiger partial charge in [-0.25, -0.2) is 0 Å². The summed E-state index contributed by atoms with van der Waals surface area (Å²) in [4.78, 5) is 2.53. The third kappa shape index (κ3) is 1.72. The first-order valence-electron chi connectivity index (χ1n) is 6.01. The van der Waals surface area contributed by atoms with E-state index in [9.17, 15) is 0 Å². The molecule has 1 heterocycles. The zero-order chi connectivity index (χ0) is 11.0. The summed E-state index contributed by atoms with van der Waals surface area (Å²) in [6.45, 7) is 3.48. The fourth-order valence-corrected chi connectivity index (χ4v) is 3.12. The molecule has 1 saturated carbocycles. The van der Waals surface area contributed by atoms with Crippen LogP contribution >= 0.6 is 0 Å². The first-order valence-corrected chi connectivity index (χ1v) is 6.01. The van der Waals surface area contributed by atoms with E-state index >= 15 is 0 Å². The van der Waals surface area contributed by atoms with Crippen LogP contribution in [0.5, 0.6) is 0 Å². The van der Waals surface area contributed by atoms with Crippen molar-refractivity contribution in [1.29, 1.82) is 5.26 Å². The Kier molecular flexibility index (Phi) is 2.41. The van der Waals surface area contributed by atoms with Crippen molar-refractivity contribution in [3.8, 4) is 6.07 Å². The van der Waals surface area contributed by atoms with E-state index in [2.05, 4.69) is 41.3 Å². The summed E-state index contributed by atoms with van der Waals surface area (Å²) in [7, 11) is 0. The molecule has 2 fully saturated rings. The molecule has 16 heavy (non-hydrogen) atoms. The molecule has 0 radical (unpaired) electrons. The molecule has 0 aromatic heterocycles. The molecule has 0 amide bonds. The smallest absolute Gasteiger partial charge is 0.0624 e. The minimum atomic E-state index is 0.719. The van der Waals surface area contributed by atoms with E-state index in [-0.39, 0.29) is 0 Å². The number of nitriles is 1. The maximum Gasteiger partial charge on any atom is 0.0624 e. The van der Waals surface area contributed by atoms with E-state index in [4.69, 9.17) is 5.26 Å². The van der Waals surface area contributed by atoms with Crippen molar-refractivity contribution in [1.82, 2.24) is 4.90 Å².